The normalized spacial score (nSPS) is 15.7. The fourth-order valence-corrected chi connectivity index (χ4v) is 2.44. The zero-order valence-corrected chi connectivity index (χ0v) is 11.3. The zero-order valence-electron chi connectivity index (χ0n) is 10.5. The Hall–Kier alpha value is -1.58. The summed E-state index contributed by atoms with van der Waals surface area (Å²) in [7, 11) is 0. The molecule has 0 radical (unpaired) electrons. The maximum Gasteiger partial charge on any atom is 0.309 e. The second kappa shape index (κ2) is 7.12. The van der Waals surface area contributed by atoms with Gasteiger partial charge in [0.25, 0.3) is 0 Å². The molecule has 2 rings (SSSR count). The predicted octanol–water partition coefficient (Wildman–Crippen LogP) is 1.55. The van der Waals surface area contributed by atoms with Crippen molar-refractivity contribution in [3.63, 3.8) is 0 Å². The molecule has 0 aromatic carbocycles. The summed E-state index contributed by atoms with van der Waals surface area (Å²) in [5, 5.41) is 12.6. The molecule has 0 bridgehead atoms. The summed E-state index contributed by atoms with van der Waals surface area (Å²) in [5.74, 6) is 0.167. The van der Waals surface area contributed by atoms with Crippen LogP contribution < -0.4 is 5.32 Å². The van der Waals surface area contributed by atoms with Gasteiger partial charge < -0.3 is 10.1 Å². The van der Waals surface area contributed by atoms with E-state index in [4.69, 9.17) is 10.00 Å². The SMILES string of the molecule is N#Cc1ccc(SCOC(=O)C2CCNCC2)nc1. The van der Waals surface area contributed by atoms with Crippen LogP contribution in [0.3, 0.4) is 0 Å². The third-order valence-corrected chi connectivity index (χ3v) is 3.72. The number of rotatable bonds is 4. The van der Waals surface area contributed by atoms with E-state index in [9.17, 15) is 4.79 Å². The van der Waals surface area contributed by atoms with Crippen molar-refractivity contribution in [3.8, 4) is 6.07 Å². The largest absolute Gasteiger partial charge is 0.454 e. The molecule has 0 atom stereocenters. The lowest BCUT2D eigenvalue weighted by Gasteiger charge is -2.20. The van der Waals surface area contributed by atoms with Crippen LogP contribution in [0.2, 0.25) is 0 Å². The molecule has 19 heavy (non-hydrogen) atoms. The van der Waals surface area contributed by atoms with Crippen molar-refractivity contribution < 1.29 is 9.53 Å². The first kappa shape index (κ1) is 13.8. The van der Waals surface area contributed by atoms with Gasteiger partial charge in [-0.15, -0.1) is 0 Å². The summed E-state index contributed by atoms with van der Waals surface area (Å²) in [4.78, 5) is 15.9. The molecule has 1 aliphatic heterocycles. The smallest absolute Gasteiger partial charge is 0.309 e. The molecule has 0 aliphatic carbocycles. The monoisotopic (exact) mass is 277 g/mol. The number of nitrogens with one attached hydrogen (secondary N) is 1. The van der Waals surface area contributed by atoms with Gasteiger partial charge in [0.15, 0.2) is 0 Å². The minimum Gasteiger partial charge on any atom is -0.454 e. The molecule has 1 aromatic heterocycles. The van der Waals surface area contributed by atoms with Crippen LogP contribution in [0.25, 0.3) is 0 Å². The maximum absolute atomic E-state index is 11.8. The summed E-state index contributed by atoms with van der Waals surface area (Å²) in [6.45, 7) is 1.76. The van der Waals surface area contributed by atoms with Gasteiger partial charge in [-0.05, 0) is 38.1 Å². The molecule has 100 valence electrons. The van der Waals surface area contributed by atoms with Crippen molar-refractivity contribution in [2.75, 3.05) is 19.0 Å². The van der Waals surface area contributed by atoms with Crippen LogP contribution >= 0.6 is 11.8 Å². The number of carbonyl (C=O) groups excluding carboxylic acids is 1. The van der Waals surface area contributed by atoms with E-state index in [1.165, 1.54) is 18.0 Å². The Labute approximate surface area is 116 Å². The minimum atomic E-state index is -0.123. The number of nitriles is 1. The number of hydrogen-bond donors (Lipinski definition) is 1. The van der Waals surface area contributed by atoms with Crippen LogP contribution in [0.5, 0.6) is 0 Å². The summed E-state index contributed by atoms with van der Waals surface area (Å²) < 4.78 is 5.23. The lowest BCUT2D eigenvalue weighted by Crippen LogP contribution is -2.32. The third-order valence-electron chi connectivity index (χ3n) is 2.95. The first-order valence-electron chi connectivity index (χ1n) is 6.16. The number of ether oxygens (including phenoxy) is 1. The van der Waals surface area contributed by atoms with Crippen molar-refractivity contribution in [2.24, 2.45) is 5.92 Å². The Kier molecular flexibility index (Phi) is 5.19. The summed E-state index contributed by atoms with van der Waals surface area (Å²) in [5.41, 5.74) is 0.524. The Balaban J connectivity index is 1.73. The second-order valence-electron chi connectivity index (χ2n) is 4.25. The molecular weight excluding hydrogens is 262 g/mol. The minimum absolute atomic E-state index is 0.0239. The van der Waals surface area contributed by atoms with Gasteiger partial charge in [0.1, 0.15) is 12.0 Å². The number of esters is 1. The third kappa shape index (κ3) is 4.23. The van der Waals surface area contributed by atoms with Gasteiger partial charge in [0, 0.05) is 6.20 Å². The fraction of sp³-hybridized carbons (Fsp3) is 0.462. The van der Waals surface area contributed by atoms with Crippen LogP contribution in [0.4, 0.5) is 0 Å². The maximum atomic E-state index is 11.8. The molecule has 1 aliphatic rings. The fourth-order valence-electron chi connectivity index (χ4n) is 1.86. The van der Waals surface area contributed by atoms with Crippen molar-refractivity contribution >= 4 is 17.7 Å². The second-order valence-corrected chi connectivity index (χ2v) is 5.19. The molecule has 2 heterocycles. The van der Waals surface area contributed by atoms with E-state index in [2.05, 4.69) is 10.3 Å². The first-order valence-corrected chi connectivity index (χ1v) is 7.14. The number of pyridine rings is 1. The molecule has 1 aromatic rings. The molecule has 1 saturated heterocycles. The molecule has 1 fully saturated rings. The van der Waals surface area contributed by atoms with Crippen LogP contribution in [0.15, 0.2) is 23.4 Å². The van der Waals surface area contributed by atoms with Crippen molar-refractivity contribution in [1.29, 1.82) is 5.26 Å². The number of carbonyl (C=O) groups is 1. The first-order chi connectivity index (χ1) is 9.29. The number of hydrogen-bond acceptors (Lipinski definition) is 6. The van der Waals surface area contributed by atoms with Crippen molar-refractivity contribution in [1.82, 2.24) is 10.3 Å². The van der Waals surface area contributed by atoms with Gasteiger partial charge in [-0.2, -0.15) is 5.26 Å². The Morgan fingerprint density at radius 3 is 2.95 bits per heavy atom. The highest BCUT2D eigenvalue weighted by Gasteiger charge is 2.22. The Bertz CT molecular complexity index is 464. The number of piperidine rings is 1. The standard InChI is InChI=1S/C13H15N3O2S/c14-7-10-1-2-12(16-8-10)19-9-18-13(17)11-3-5-15-6-4-11/h1-2,8,11,15H,3-6,9H2. The van der Waals surface area contributed by atoms with E-state index in [1.54, 1.807) is 12.1 Å². The Morgan fingerprint density at radius 1 is 1.53 bits per heavy atom. The molecule has 6 heteroatoms. The molecular formula is C13H15N3O2S. The average Bonchev–Trinajstić information content (AvgIpc) is 2.49. The van der Waals surface area contributed by atoms with Crippen LogP contribution in [0.1, 0.15) is 18.4 Å². The number of aromatic nitrogens is 1. The van der Waals surface area contributed by atoms with Crippen molar-refractivity contribution in [2.45, 2.75) is 17.9 Å². The molecule has 0 unspecified atom stereocenters. The average molecular weight is 277 g/mol. The van der Waals surface area contributed by atoms with E-state index in [0.29, 0.717) is 5.56 Å². The number of thioether (sulfide) groups is 1. The van der Waals surface area contributed by atoms with Crippen molar-refractivity contribution in [3.05, 3.63) is 23.9 Å². The molecule has 1 N–H and O–H groups in total. The lowest BCUT2D eigenvalue weighted by atomic mass is 9.99. The topological polar surface area (TPSA) is 75.0 Å². The number of nitrogens with zero attached hydrogens (tertiary/aromatic N) is 2. The highest BCUT2D eigenvalue weighted by molar-refractivity contribution is 7.99. The van der Waals surface area contributed by atoms with Crippen LogP contribution in [-0.2, 0) is 9.53 Å². The van der Waals surface area contributed by atoms with E-state index >= 15 is 0 Å². The van der Waals surface area contributed by atoms with Gasteiger partial charge >= 0.3 is 5.97 Å². The summed E-state index contributed by atoms with van der Waals surface area (Å²) in [6, 6.07) is 5.46. The zero-order chi connectivity index (χ0) is 13.5. The summed E-state index contributed by atoms with van der Waals surface area (Å²) in [6.07, 6.45) is 3.20. The predicted molar refractivity (Wildman–Crippen MR) is 71.4 cm³/mol. The van der Waals surface area contributed by atoms with Gasteiger partial charge in [-0.3, -0.25) is 4.79 Å². The van der Waals surface area contributed by atoms with E-state index in [0.717, 1.165) is 31.0 Å². The van der Waals surface area contributed by atoms with E-state index in [1.807, 2.05) is 6.07 Å². The summed E-state index contributed by atoms with van der Waals surface area (Å²) >= 11 is 1.35. The Morgan fingerprint density at radius 2 is 2.32 bits per heavy atom. The highest BCUT2D eigenvalue weighted by Crippen LogP contribution is 2.18. The quantitative estimate of drug-likeness (QED) is 0.511. The molecule has 0 spiro atoms. The molecule has 0 saturated carbocycles. The molecule has 0 amide bonds. The van der Waals surface area contributed by atoms with Gasteiger partial charge in [0.05, 0.1) is 16.5 Å². The van der Waals surface area contributed by atoms with Gasteiger partial charge in [0.2, 0.25) is 0 Å². The lowest BCUT2D eigenvalue weighted by molar-refractivity contribution is -0.147. The van der Waals surface area contributed by atoms with Crippen LogP contribution in [-0.4, -0.2) is 30.0 Å². The van der Waals surface area contributed by atoms with Gasteiger partial charge in [-0.25, -0.2) is 4.98 Å². The van der Waals surface area contributed by atoms with E-state index < -0.39 is 0 Å². The van der Waals surface area contributed by atoms with E-state index in [-0.39, 0.29) is 17.8 Å². The molecule has 5 nitrogen and oxygen atoms in total. The van der Waals surface area contributed by atoms with Crippen LogP contribution in [0, 0.1) is 17.2 Å². The highest BCUT2D eigenvalue weighted by atomic mass is 32.2. The van der Waals surface area contributed by atoms with Gasteiger partial charge in [-0.1, -0.05) is 11.8 Å².